The lowest BCUT2D eigenvalue weighted by Crippen LogP contribution is -2.03. The molecule has 0 aromatic heterocycles. The molecule has 8 nitrogen and oxygen atoms in total. The van der Waals surface area contributed by atoms with Gasteiger partial charge in [-0.15, -0.1) is 0 Å². The van der Waals surface area contributed by atoms with Crippen LogP contribution in [0.5, 0.6) is 0 Å². The van der Waals surface area contributed by atoms with Crippen molar-refractivity contribution in [3.05, 3.63) is 185 Å². The average Bonchev–Trinajstić information content (AvgIpc) is 3.21. The van der Waals surface area contributed by atoms with Gasteiger partial charge < -0.3 is 0 Å². The van der Waals surface area contributed by atoms with Gasteiger partial charge in [0.05, 0.1) is 27.0 Å². The summed E-state index contributed by atoms with van der Waals surface area (Å²) in [5.74, 6) is -7.49. The summed E-state index contributed by atoms with van der Waals surface area (Å²) in [6.45, 7) is 17.7. The summed E-state index contributed by atoms with van der Waals surface area (Å²) in [5, 5.41) is 37.8. The van der Waals surface area contributed by atoms with Crippen molar-refractivity contribution in [3.8, 4) is 12.1 Å². The topological polar surface area (TPSA) is 134 Å². The summed E-state index contributed by atoms with van der Waals surface area (Å²) in [4.78, 5) is 19.5. The predicted octanol–water partition coefficient (Wildman–Crippen LogP) is 14.7. The first-order valence-electron chi connectivity index (χ1n) is 19.4. The zero-order valence-electron chi connectivity index (χ0n) is 36.3. The van der Waals surface area contributed by atoms with Crippen LogP contribution in [0.1, 0.15) is 138 Å². The zero-order valence-corrected chi connectivity index (χ0v) is 36.3. The van der Waals surface area contributed by atoms with E-state index in [0.717, 1.165) is 6.07 Å². The summed E-state index contributed by atoms with van der Waals surface area (Å²) in [5.41, 5.74) is 1.56. The second-order valence-corrected chi connectivity index (χ2v) is 15.2. The van der Waals surface area contributed by atoms with Crippen LogP contribution in [0, 0.1) is 89.4 Å². The van der Waals surface area contributed by atoms with Crippen LogP contribution in [-0.2, 0) is 0 Å². The number of nitriles is 2. The van der Waals surface area contributed by atoms with E-state index < -0.39 is 56.1 Å². The molecule has 0 spiro atoms. The molecule has 5 rings (SSSR count). The quantitative estimate of drug-likeness (QED) is 0.0691. The molecule has 0 fully saturated rings. The Balaban J connectivity index is 0.000000394. The maximum Gasteiger partial charge on any atom is 0.305 e. The third-order valence-corrected chi connectivity index (χ3v) is 8.88. The van der Waals surface area contributed by atoms with E-state index in [2.05, 4.69) is 0 Å². The number of rotatable bonds is 7. The highest BCUT2D eigenvalue weighted by molar-refractivity contribution is 5.39. The third-order valence-electron chi connectivity index (χ3n) is 8.88. The number of hydrogen-bond acceptors (Lipinski definition) is 6. The van der Waals surface area contributed by atoms with Gasteiger partial charge in [0.1, 0.15) is 23.5 Å². The minimum Gasteiger partial charge on any atom is -0.258 e. The van der Waals surface area contributed by atoms with Gasteiger partial charge >= 0.3 is 5.69 Å². The summed E-state index contributed by atoms with van der Waals surface area (Å²) in [7, 11) is 0. The van der Waals surface area contributed by atoms with Crippen LogP contribution in [0.4, 0.5) is 46.5 Å². The standard InChI is InChI=1S/2C10H10FN.C9H8F4.2C9H10FNO2/c1-7(2)9-5-8(6-12)3-4-10(9)11;1-7(2)9-5-3-4-8(6-12)10(9)11;1-4(2)7-8(12)5(10)3-6(11)9(7)13;1-6(2)8-5-7(11(12)13)3-4-9(8)10;1-6(2)7-4-3-5-8(9(7)10)11(12)13/h2*3-5,7H,1-2H3;3-4H,1-2H3;2*3-6H,1-2H3. The van der Waals surface area contributed by atoms with Gasteiger partial charge in [0.15, 0.2) is 23.3 Å². The number of non-ortho nitro benzene ring substituents is 1. The van der Waals surface area contributed by atoms with Gasteiger partial charge in [-0.3, -0.25) is 20.2 Å². The second-order valence-electron chi connectivity index (χ2n) is 15.2. The Morgan fingerprint density at radius 3 is 1.32 bits per heavy atom. The van der Waals surface area contributed by atoms with Gasteiger partial charge in [0.25, 0.3) is 5.69 Å². The van der Waals surface area contributed by atoms with Crippen molar-refractivity contribution in [2.75, 3.05) is 0 Å². The van der Waals surface area contributed by atoms with Gasteiger partial charge in [-0.2, -0.15) is 14.9 Å². The fourth-order valence-electron chi connectivity index (χ4n) is 5.45. The Hall–Kier alpha value is -6.68. The number of benzene rings is 5. The van der Waals surface area contributed by atoms with Crippen LogP contribution >= 0.6 is 0 Å². The van der Waals surface area contributed by atoms with Gasteiger partial charge in [-0.05, 0) is 82.2 Å². The molecular weight excluding hydrogens is 837 g/mol. The first kappa shape index (κ1) is 54.3. The maximum absolute atomic E-state index is 13.3. The van der Waals surface area contributed by atoms with E-state index in [1.165, 1.54) is 56.3 Å². The summed E-state index contributed by atoms with van der Waals surface area (Å²) in [6.07, 6.45) is 0. The number of nitro benzene ring substituents is 2. The van der Waals surface area contributed by atoms with Crippen molar-refractivity contribution in [3.63, 3.8) is 0 Å². The molecule has 0 amide bonds. The largest absolute Gasteiger partial charge is 0.305 e. The number of nitro groups is 2. The smallest absolute Gasteiger partial charge is 0.258 e. The van der Waals surface area contributed by atoms with E-state index in [4.69, 9.17) is 10.5 Å². The molecule has 0 saturated carbocycles. The van der Waals surface area contributed by atoms with E-state index in [1.54, 1.807) is 52.0 Å². The third kappa shape index (κ3) is 15.9. The van der Waals surface area contributed by atoms with Gasteiger partial charge in [-0.25, -0.2) is 30.7 Å². The molecule has 0 N–H and O–H groups in total. The fourth-order valence-corrected chi connectivity index (χ4v) is 5.45. The SMILES string of the molecule is CC(C)c1c(F)c(F)cc(F)c1F.CC(C)c1cc(C#N)ccc1F.CC(C)c1cc([N+](=O)[O-])ccc1F.CC(C)c1cccc(C#N)c1F.CC(C)c1cccc([N+](=O)[O-])c1F. The van der Waals surface area contributed by atoms with Crippen molar-refractivity contribution >= 4 is 11.4 Å². The molecule has 0 unspecified atom stereocenters. The molecule has 0 aliphatic carbocycles. The van der Waals surface area contributed by atoms with Gasteiger partial charge in [0.2, 0.25) is 5.82 Å². The van der Waals surface area contributed by atoms with E-state index in [9.17, 15) is 55.4 Å². The summed E-state index contributed by atoms with van der Waals surface area (Å²) < 4.78 is 104. The molecule has 0 bridgehead atoms. The van der Waals surface area contributed by atoms with Crippen LogP contribution in [0.15, 0.2) is 78.9 Å². The van der Waals surface area contributed by atoms with E-state index >= 15 is 0 Å². The first-order chi connectivity index (χ1) is 29.3. The Morgan fingerprint density at radius 1 is 0.460 bits per heavy atom. The molecule has 0 saturated heterocycles. The van der Waals surface area contributed by atoms with Crippen LogP contribution in [0.2, 0.25) is 0 Å². The molecule has 0 aliphatic rings. The van der Waals surface area contributed by atoms with Crippen molar-refractivity contribution in [1.29, 1.82) is 10.5 Å². The van der Waals surface area contributed by atoms with Crippen LogP contribution < -0.4 is 0 Å². The van der Waals surface area contributed by atoms with Crippen molar-refractivity contribution in [1.82, 2.24) is 0 Å². The van der Waals surface area contributed by atoms with Crippen molar-refractivity contribution in [2.24, 2.45) is 0 Å². The lowest BCUT2D eigenvalue weighted by Gasteiger charge is -2.09. The molecular formula is C47H48F8N4O4. The Morgan fingerprint density at radius 2 is 0.905 bits per heavy atom. The molecule has 16 heteroatoms. The Bertz CT molecular complexity index is 2400. The van der Waals surface area contributed by atoms with E-state index in [-0.39, 0.29) is 58.4 Å². The lowest BCUT2D eigenvalue weighted by atomic mass is 10.0. The lowest BCUT2D eigenvalue weighted by molar-refractivity contribution is -0.387. The molecule has 63 heavy (non-hydrogen) atoms. The molecule has 5 aromatic carbocycles. The number of halogens is 8. The molecule has 0 atom stereocenters. The molecule has 336 valence electrons. The monoisotopic (exact) mass is 884 g/mol. The Labute approximate surface area is 361 Å². The summed E-state index contributed by atoms with van der Waals surface area (Å²) >= 11 is 0. The molecule has 5 aromatic rings. The highest BCUT2D eigenvalue weighted by atomic mass is 19.2. The van der Waals surface area contributed by atoms with Crippen molar-refractivity contribution < 1.29 is 45.0 Å². The molecule has 0 radical (unpaired) electrons. The Kier molecular flexibility index (Phi) is 21.8. The minimum atomic E-state index is -1.36. The van der Waals surface area contributed by atoms with E-state index in [1.807, 2.05) is 39.8 Å². The second kappa shape index (κ2) is 25.3. The van der Waals surface area contributed by atoms with E-state index in [0.29, 0.717) is 27.8 Å². The van der Waals surface area contributed by atoms with Crippen molar-refractivity contribution in [2.45, 2.75) is 98.8 Å². The predicted molar refractivity (Wildman–Crippen MR) is 225 cm³/mol. The average molecular weight is 885 g/mol. The highest BCUT2D eigenvalue weighted by Gasteiger charge is 2.21. The van der Waals surface area contributed by atoms with Gasteiger partial charge in [-0.1, -0.05) is 93.5 Å². The molecule has 0 aliphatic heterocycles. The first-order valence-corrected chi connectivity index (χ1v) is 19.4. The molecule has 0 heterocycles. The minimum absolute atomic E-state index is 0.0418. The normalized spacial score (nSPS) is 10.4. The van der Waals surface area contributed by atoms with Gasteiger partial charge in [0, 0.05) is 29.8 Å². The maximum atomic E-state index is 13.3. The fraction of sp³-hybridized carbons (Fsp3) is 0.319. The summed E-state index contributed by atoms with van der Waals surface area (Å²) in [6, 6.07) is 21.1. The number of hydrogen-bond donors (Lipinski definition) is 0. The van der Waals surface area contributed by atoms with Crippen LogP contribution in [-0.4, -0.2) is 9.85 Å². The zero-order chi connectivity index (χ0) is 48.5. The van der Waals surface area contributed by atoms with Crippen LogP contribution in [0.3, 0.4) is 0 Å². The van der Waals surface area contributed by atoms with Crippen LogP contribution in [0.25, 0.3) is 0 Å². The number of nitrogens with zero attached hydrogens (tertiary/aromatic N) is 4. The highest BCUT2D eigenvalue weighted by Crippen LogP contribution is 2.28.